The molecule has 1 heterocycles. The molecule has 0 saturated heterocycles. The van der Waals surface area contributed by atoms with E-state index in [-0.39, 0.29) is 12.6 Å². The second-order valence-electron chi connectivity index (χ2n) is 2.94. The standard InChI is InChI=1S/C8H17N3O/c1-2-7(6-12)11-8-9-4-3-5-10-8/h7,12H,2-6H2,1H3,(H2,9,10,11)/t7-/m1/s1. The summed E-state index contributed by atoms with van der Waals surface area (Å²) in [5.74, 6) is 0.835. The molecule has 1 atom stereocenters. The van der Waals surface area contributed by atoms with Crippen LogP contribution < -0.4 is 10.6 Å². The van der Waals surface area contributed by atoms with Gasteiger partial charge in [-0.05, 0) is 12.8 Å². The summed E-state index contributed by atoms with van der Waals surface area (Å²) in [5, 5.41) is 15.2. The predicted octanol–water partition coefficient (Wildman–Crippen LogP) is -0.304. The lowest BCUT2D eigenvalue weighted by molar-refractivity contribution is 0.251. The monoisotopic (exact) mass is 171 g/mol. The quantitative estimate of drug-likeness (QED) is 0.546. The fraction of sp³-hybridized carbons (Fsp3) is 0.875. The topological polar surface area (TPSA) is 56.6 Å². The van der Waals surface area contributed by atoms with Gasteiger partial charge in [-0.2, -0.15) is 0 Å². The number of guanidine groups is 1. The van der Waals surface area contributed by atoms with Crippen LogP contribution in [0.15, 0.2) is 4.99 Å². The van der Waals surface area contributed by atoms with E-state index < -0.39 is 0 Å². The number of hydrogen-bond donors (Lipinski definition) is 3. The molecule has 1 aliphatic heterocycles. The van der Waals surface area contributed by atoms with Crippen molar-refractivity contribution in [3.63, 3.8) is 0 Å². The van der Waals surface area contributed by atoms with Crippen molar-refractivity contribution in [3.8, 4) is 0 Å². The minimum Gasteiger partial charge on any atom is -0.394 e. The molecule has 0 aromatic rings. The first-order valence-corrected chi connectivity index (χ1v) is 4.52. The lowest BCUT2D eigenvalue weighted by Gasteiger charge is -2.20. The Bertz CT molecular complexity index is 154. The van der Waals surface area contributed by atoms with Gasteiger partial charge in [0.2, 0.25) is 0 Å². The average molecular weight is 171 g/mol. The van der Waals surface area contributed by atoms with Crippen molar-refractivity contribution >= 4 is 5.96 Å². The summed E-state index contributed by atoms with van der Waals surface area (Å²) in [6.45, 7) is 4.07. The second-order valence-corrected chi connectivity index (χ2v) is 2.94. The van der Waals surface area contributed by atoms with Gasteiger partial charge in [-0.15, -0.1) is 0 Å². The molecule has 0 aliphatic carbocycles. The third-order valence-electron chi connectivity index (χ3n) is 1.95. The van der Waals surface area contributed by atoms with E-state index in [0.29, 0.717) is 0 Å². The van der Waals surface area contributed by atoms with Crippen molar-refractivity contribution in [2.24, 2.45) is 4.99 Å². The first kappa shape index (κ1) is 9.32. The van der Waals surface area contributed by atoms with Crippen molar-refractivity contribution < 1.29 is 5.11 Å². The van der Waals surface area contributed by atoms with Crippen molar-refractivity contribution in [1.82, 2.24) is 10.6 Å². The maximum absolute atomic E-state index is 8.91. The van der Waals surface area contributed by atoms with E-state index in [4.69, 9.17) is 5.11 Å². The lowest BCUT2D eigenvalue weighted by atomic mass is 10.2. The number of aliphatic imine (C=N–C) groups is 1. The first-order valence-electron chi connectivity index (χ1n) is 4.52. The maximum atomic E-state index is 8.91. The summed E-state index contributed by atoms with van der Waals surface area (Å²) in [6.07, 6.45) is 2.01. The molecule has 0 unspecified atom stereocenters. The highest BCUT2D eigenvalue weighted by molar-refractivity contribution is 5.80. The highest BCUT2D eigenvalue weighted by atomic mass is 16.3. The van der Waals surface area contributed by atoms with Crippen LogP contribution in [-0.2, 0) is 0 Å². The Labute approximate surface area is 73.1 Å². The Morgan fingerprint density at radius 1 is 1.75 bits per heavy atom. The van der Waals surface area contributed by atoms with Gasteiger partial charge in [0, 0.05) is 13.1 Å². The molecule has 1 rings (SSSR count). The third kappa shape index (κ3) is 2.70. The van der Waals surface area contributed by atoms with Gasteiger partial charge < -0.3 is 15.7 Å². The molecular formula is C8H17N3O. The summed E-state index contributed by atoms with van der Waals surface area (Å²) in [5.41, 5.74) is 0. The molecule has 0 spiro atoms. The van der Waals surface area contributed by atoms with Gasteiger partial charge in [-0.1, -0.05) is 6.92 Å². The summed E-state index contributed by atoms with van der Waals surface area (Å²) < 4.78 is 0. The predicted molar refractivity (Wildman–Crippen MR) is 49.2 cm³/mol. The summed E-state index contributed by atoms with van der Waals surface area (Å²) in [7, 11) is 0. The molecule has 4 heteroatoms. The molecular weight excluding hydrogens is 154 g/mol. The molecule has 4 nitrogen and oxygen atoms in total. The lowest BCUT2D eigenvalue weighted by Crippen LogP contribution is -2.46. The average Bonchev–Trinajstić information content (AvgIpc) is 2.16. The van der Waals surface area contributed by atoms with Crippen molar-refractivity contribution in [3.05, 3.63) is 0 Å². The van der Waals surface area contributed by atoms with Gasteiger partial charge in [0.1, 0.15) is 0 Å². The smallest absolute Gasteiger partial charge is 0.191 e. The van der Waals surface area contributed by atoms with Gasteiger partial charge in [0.25, 0.3) is 0 Å². The SMILES string of the molecule is CC[C@H](CO)NC1=NCCCN1. The Morgan fingerprint density at radius 2 is 2.58 bits per heavy atom. The van der Waals surface area contributed by atoms with E-state index >= 15 is 0 Å². The van der Waals surface area contributed by atoms with E-state index in [1.807, 2.05) is 6.92 Å². The van der Waals surface area contributed by atoms with E-state index in [0.717, 1.165) is 31.9 Å². The Hall–Kier alpha value is -0.770. The summed E-state index contributed by atoms with van der Waals surface area (Å²) in [4.78, 5) is 4.25. The van der Waals surface area contributed by atoms with Crippen LogP contribution in [0.1, 0.15) is 19.8 Å². The second kappa shape index (κ2) is 4.98. The molecule has 0 fully saturated rings. The highest BCUT2D eigenvalue weighted by Gasteiger charge is 2.08. The fourth-order valence-electron chi connectivity index (χ4n) is 1.10. The third-order valence-corrected chi connectivity index (χ3v) is 1.95. The van der Waals surface area contributed by atoms with Crippen LogP contribution in [0.4, 0.5) is 0 Å². The van der Waals surface area contributed by atoms with Gasteiger partial charge in [-0.3, -0.25) is 4.99 Å². The number of nitrogens with zero attached hydrogens (tertiary/aromatic N) is 1. The minimum absolute atomic E-state index is 0.134. The molecule has 70 valence electrons. The fourth-order valence-corrected chi connectivity index (χ4v) is 1.10. The van der Waals surface area contributed by atoms with Crippen molar-refractivity contribution in [1.29, 1.82) is 0 Å². The van der Waals surface area contributed by atoms with Gasteiger partial charge in [0.05, 0.1) is 12.6 Å². The molecule has 0 saturated carbocycles. The zero-order valence-corrected chi connectivity index (χ0v) is 7.51. The Morgan fingerprint density at radius 3 is 3.08 bits per heavy atom. The molecule has 0 amide bonds. The molecule has 3 N–H and O–H groups in total. The van der Waals surface area contributed by atoms with Crippen LogP contribution in [0.5, 0.6) is 0 Å². The number of hydrogen-bond acceptors (Lipinski definition) is 4. The Kier molecular flexibility index (Phi) is 3.87. The largest absolute Gasteiger partial charge is 0.394 e. The highest BCUT2D eigenvalue weighted by Crippen LogP contribution is 1.92. The molecule has 0 aromatic heterocycles. The number of aliphatic hydroxyl groups is 1. The molecule has 0 radical (unpaired) electrons. The first-order chi connectivity index (χ1) is 5.86. The van der Waals surface area contributed by atoms with Gasteiger partial charge in [0.15, 0.2) is 5.96 Å². The van der Waals surface area contributed by atoms with Crippen LogP contribution in [0, 0.1) is 0 Å². The number of nitrogens with one attached hydrogen (secondary N) is 2. The van der Waals surface area contributed by atoms with E-state index in [1.165, 1.54) is 0 Å². The van der Waals surface area contributed by atoms with Crippen LogP contribution >= 0.6 is 0 Å². The van der Waals surface area contributed by atoms with Crippen LogP contribution in [-0.4, -0.2) is 36.8 Å². The van der Waals surface area contributed by atoms with Gasteiger partial charge in [-0.25, -0.2) is 0 Å². The van der Waals surface area contributed by atoms with Crippen molar-refractivity contribution in [2.45, 2.75) is 25.8 Å². The molecule has 0 aromatic carbocycles. The van der Waals surface area contributed by atoms with Gasteiger partial charge >= 0.3 is 0 Å². The molecule has 12 heavy (non-hydrogen) atoms. The van der Waals surface area contributed by atoms with E-state index in [9.17, 15) is 0 Å². The van der Waals surface area contributed by atoms with Crippen LogP contribution in [0.25, 0.3) is 0 Å². The summed E-state index contributed by atoms with van der Waals surface area (Å²) in [6, 6.07) is 0.134. The molecule has 0 bridgehead atoms. The zero-order chi connectivity index (χ0) is 8.81. The Balaban J connectivity index is 2.32. The zero-order valence-electron chi connectivity index (χ0n) is 7.51. The number of rotatable bonds is 3. The minimum atomic E-state index is 0.134. The maximum Gasteiger partial charge on any atom is 0.191 e. The van der Waals surface area contributed by atoms with Crippen molar-refractivity contribution in [2.75, 3.05) is 19.7 Å². The van der Waals surface area contributed by atoms with Crippen LogP contribution in [0.3, 0.4) is 0 Å². The summed E-state index contributed by atoms with van der Waals surface area (Å²) >= 11 is 0. The normalized spacial score (nSPS) is 19.3. The molecule has 1 aliphatic rings. The number of aliphatic hydroxyl groups excluding tert-OH is 1. The van der Waals surface area contributed by atoms with Crippen LogP contribution in [0.2, 0.25) is 0 Å². The van der Waals surface area contributed by atoms with E-state index in [1.54, 1.807) is 0 Å². The van der Waals surface area contributed by atoms with E-state index in [2.05, 4.69) is 15.6 Å².